The molecule has 122 valence electrons. The summed E-state index contributed by atoms with van der Waals surface area (Å²) in [5.74, 6) is -0.497. The van der Waals surface area contributed by atoms with Crippen molar-refractivity contribution in [2.45, 2.75) is 20.3 Å². The minimum absolute atomic E-state index is 0.102. The standard InChI is InChI=1S/C19H19N3O2/c1-4-13-6-8-14(9-7-13)20-19(24)17-18(23)15-11-12(2)5-10-16(15)22(3)21-17/h5-11H,4H2,1-3H3,(H,20,24). The van der Waals surface area contributed by atoms with Crippen molar-refractivity contribution in [2.24, 2.45) is 7.05 Å². The van der Waals surface area contributed by atoms with Crippen LogP contribution in [0, 0.1) is 6.92 Å². The molecule has 5 heteroatoms. The first-order valence-corrected chi connectivity index (χ1v) is 7.87. The topological polar surface area (TPSA) is 64.0 Å². The molecule has 5 nitrogen and oxygen atoms in total. The molecule has 0 fully saturated rings. The van der Waals surface area contributed by atoms with E-state index in [4.69, 9.17) is 0 Å². The molecule has 0 atom stereocenters. The number of carbonyl (C=O) groups is 1. The van der Waals surface area contributed by atoms with Gasteiger partial charge in [-0.15, -0.1) is 0 Å². The number of aromatic nitrogens is 2. The molecule has 1 aromatic heterocycles. The molecule has 0 radical (unpaired) electrons. The van der Waals surface area contributed by atoms with Crippen LogP contribution in [-0.4, -0.2) is 15.7 Å². The lowest BCUT2D eigenvalue weighted by Gasteiger charge is -2.09. The number of nitrogens with zero attached hydrogens (tertiary/aromatic N) is 2. The predicted octanol–water partition coefficient (Wildman–Crippen LogP) is 3.06. The number of anilines is 1. The van der Waals surface area contributed by atoms with Crippen LogP contribution in [0.2, 0.25) is 0 Å². The van der Waals surface area contributed by atoms with Crippen LogP contribution in [0.1, 0.15) is 28.5 Å². The van der Waals surface area contributed by atoms with Gasteiger partial charge in [0.15, 0.2) is 5.69 Å². The number of hydrogen-bond donors (Lipinski definition) is 1. The molecule has 24 heavy (non-hydrogen) atoms. The molecule has 0 saturated carbocycles. The molecule has 0 aliphatic rings. The number of fused-ring (bicyclic) bond motifs is 1. The van der Waals surface area contributed by atoms with Crippen LogP contribution in [0.25, 0.3) is 10.9 Å². The second kappa shape index (κ2) is 6.28. The van der Waals surface area contributed by atoms with Crippen LogP contribution >= 0.6 is 0 Å². The minimum Gasteiger partial charge on any atom is -0.320 e. The van der Waals surface area contributed by atoms with Gasteiger partial charge in [0, 0.05) is 12.7 Å². The Labute approximate surface area is 139 Å². The summed E-state index contributed by atoms with van der Waals surface area (Å²) < 4.78 is 1.56. The predicted molar refractivity (Wildman–Crippen MR) is 95.5 cm³/mol. The molecule has 1 heterocycles. The quantitative estimate of drug-likeness (QED) is 0.806. The van der Waals surface area contributed by atoms with Crippen molar-refractivity contribution in [3.8, 4) is 0 Å². The average Bonchev–Trinajstić information content (AvgIpc) is 2.58. The molecule has 0 saturated heterocycles. The summed E-state index contributed by atoms with van der Waals surface area (Å²) in [7, 11) is 1.73. The van der Waals surface area contributed by atoms with E-state index in [0.717, 1.165) is 12.0 Å². The van der Waals surface area contributed by atoms with Crippen LogP contribution in [0.15, 0.2) is 47.3 Å². The van der Waals surface area contributed by atoms with Gasteiger partial charge in [-0.2, -0.15) is 5.10 Å². The van der Waals surface area contributed by atoms with Crippen LogP contribution in [0.4, 0.5) is 5.69 Å². The molecule has 2 aromatic carbocycles. The van der Waals surface area contributed by atoms with Crippen molar-refractivity contribution in [2.75, 3.05) is 5.32 Å². The van der Waals surface area contributed by atoms with Crippen molar-refractivity contribution in [3.63, 3.8) is 0 Å². The highest BCUT2D eigenvalue weighted by molar-refractivity contribution is 6.04. The summed E-state index contributed by atoms with van der Waals surface area (Å²) in [6, 6.07) is 13.1. The van der Waals surface area contributed by atoms with E-state index in [9.17, 15) is 9.59 Å². The number of aryl methyl sites for hydroxylation is 3. The van der Waals surface area contributed by atoms with E-state index in [1.807, 2.05) is 43.3 Å². The molecule has 1 N–H and O–H groups in total. The Kier molecular flexibility index (Phi) is 4.16. The monoisotopic (exact) mass is 321 g/mol. The lowest BCUT2D eigenvalue weighted by atomic mass is 10.1. The second-order valence-electron chi connectivity index (χ2n) is 5.83. The van der Waals surface area contributed by atoms with Crippen molar-refractivity contribution in [1.82, 2.24) is 9.78 Å². The van der Waals surface area contributed by atoms with Crippen molar-refractivity contribution in [1.29, 1.82) is 0 Å². The first kappa shape index (κ1) is 15.9. The number of hydrogen-bond acceptors (Lipinski definition) is 3. The highest BCUT2D eigenvalue weighted by atomic mass is 16.2. The summed E-state index contributed by atoms with van der Waals surface area (Å²) in [6.07, 6.45) is 0.931. The van der Waals surface area contributed by atoms with Crippen molar-refractivity contribution >= 4 is 22.5 Å². The van der Waals surface area contributed by atoms with Gasteiger partial charge >= 0.3 is 0 Å². The molecular weight excluding hydrogens is 302 g/mol. The van der Waals surface area contributed by atoms with Gasteiger partial charge in [-0.1, -0.05) is 30.7 Å². The normalized spacial score (nSPS) is 10.8. The maximum atomic E-state index is 12.6. The third-order valence-corrected chi connectivity index (χ3v) is 4.05. The molecule has 3 aromatic rings. The number of carbonyl (C=O) groups excluding carboxylic acids is 1. The van der Waals surface area contributed by atoms with E-state index in [1.54, 1.807) is 17.8 Å². The van der Waals surface area contributed by atoms with Crippen LogP contribution in [0.3, 0.4) is 0 Å². The van der Waals surface area contributed by atoms with Crippen LogP contribution in [0.5, 0.6) is 0 Å². The number of rotatable bonds is 3. The smallest absolute Gasteiger partial charge is 0.280 e. The third-order valence-electron chi connectivity index (χ3n) is 4.05. The molecule has 0 spiro atoms. The zero-order valence-electron chi connectivity index (χ0n) is 14.0. The lowest BCUT2D eigenvalue weighted by Crippen LogP contribution is -2.26. The van der Waals surface area contributed by atoms with Crippen molar-refractivity contribution in [3.05, 3.63) is 69.5 Å². The Morgan fingerprint density at radius 3 is 2.54 bits per heavy atom. The molecule has 1 amide bonds. The summed E-state index contributed by atoms with van der Waals surface area (Å²) in [5, 5.41) is 7.39. The fourth-order valence-electron chi connectivity index (χ4n) is 2.65. The summed E-state index contributed by atoms with van der Waals surface area (Å²) in [5.41, 5.74) is 3.04. The summed E-state index contributed by atoms with van der Waals surface area (Å²) in [6.45, 7) is 3.98. The van der Waals surface area contributed by atoms with E-state index >= 15 is 0 Å². The molecule has 0 bridgehead atoms. The van der Waals surface area contributed by atoms with Gasteiger partial charge < -0.3 is 5.32 Å². The lowest BCUT2D eigenvalue weighted by molar-refractivity contribution is 0.101. The minimum atomic E-state index is -0.497. The molecular formula is C19H19N3O2. The van der Waals surface area contributed by atoms with E-state index in [1.165, 1.54) is 5.56 Å². The Hall–Kier alpha value is -2.95. The zero-order chi connectivity index (χ0) is 17.3. The van der Waals surface area contributed by atoms with E-state index in [0.29, 0.717) is 16.6 Å². The number of nitrogens with one attached hydrogen (secondary N) is 1. The first-order valence-electron chi connectivity index (χ1n) is 7.87. The maximum Gasteiger partial charge on any atom is 0.280 e. The van der Waals surface area contributed by atoms with Crippen LogP contribution < -0.4 is 10.7 Å². The Balaban J connectivity index is 2.00. The molecule has 0 unspecified atom stereocenters. The van der Waals surface area contributed by atoms with Crippen molar-refractivity contribution < 1.29 is 4.79 Å². The van der Waals surface area contributed by atoms with Gasteiger partial charge in [-0.25, -0.2) is 0 Å². The third kappa shape index (κ3) is 2.93. The number of amides is 1. The van der Waals surface area contributed by atoms with E-state index < -0.39 is 5.91 Å². The Morgan fingerprint density at radius 2 is 1.88 bits per heavy atom. The highest BCUT2D eigenvalue weighted by Gasteiger charge is 2.16. The van der Waals surface area contributed by atoms with Gasteiger partial charge in [-0.3, -0.25) is 14.3 Å². The zero-order valence-corrected chi connectivity index (χ0v) is 14.0. The van der Waals surface area contributed by atoms with Gasteiger partial charge in [0.2, 0.25) is 5.43 Å². The highest BCUT2D eigenvalue weighted by Crippen LogP contribution is 2.13. The molecule has 0 aliphatic carbocycles. The Bertz CT molecular complexity index is 972. The average molecular weight is 321 g/mol. The summed E-state index contributed by atoms with van der Waals surface area (Å²) in [4.78, 5) is 25.1. The molecule has 0 aliphatic heterocycles. The molecule has 3 rings (SSSR count). The van der Waals surface area contributed by atoms with Gasteiger partial charge in [0.05, 0.1) is 10.9 Å². The fraction of sp³-hybridized carbons (Fsp3) is 0.211. The SMILES string of the molecule is CCc1ccc(NC(=O)c2nn(C)c3ccc(C)cc3c2=O)cc1. The van der Waals surface area contributed by atoms with E-state index in [-0.39, 0.29) is 11.1 Å². The van der Waals surface area contributed by atoms with Gasteiger partial charge in [0.1, 0.15) is 0 Å². The second-order valence-corrected chi connectivity index (χ2v) is 5.83. The van der Waals surface area contributed by atoms with Gasteiger partial charge in [0.25, 0.3) is 5.91 Å². The maximum absolute atomic E-state index is 12.6. The van der Waals surface area contributed by atoms with Crippen LogP contribution in [-0.2, 0) is 13.5 Å². The first-order chi connectivity index (χ1) is 11.5. The fourth-order valence-corrected chi connectivity index (χ4v) is 2.65. The number of benzene rings is 2. The Morgan fingerprint density at radius 1 is 1.17 bits per heavy atom. The van der Waals surface area contributed by atoms with E-state index in [2.05, 4.69) is 17.3 Å². The summed E-state index contributed by atoms with van der Waals surface area (Å²) >= 11 is 0. The largest absolute Gasteiger partial charge is 0.320 e. The van der Waals surface area contributed by atoms with Gasteiger partial charge in [-0.05, 0) is 43.2 Å².